The Morgan fingerprint density at radius 2 is 1.83 bits per heavy atom. The largest absolute Gasteiger partial charge is 0.340 e. The highest BCUT2D eigenvalue weighted by Crippen LogP contribution is 2.40. The van der Waals surface area contributed by atoms with Crippen molar-refractivity contribution < 1.29 is 0 Å². The zero-order valence-corrected chi connectivity index (χ0v) is 15.7. The Labute approximate surface area is 151 Å². The van der Waals surface area contributed by atoms with Crippen LogP contribution in [0.5, 0.6) is 0 Å². The van der Waals surface area contributed by atoms with Crippen molar-refractivity contribution in [2.45, 2.75) is 45.4 Å². The summed E-state index contributed by atoms with van der Waals surface area (Å²) in [6.45, 7) is 6.66. The van der Waals surface area contributed by atoms with Gasteiger partial charge in [0.2, 0.25) is 5.28 Å². The highest BCUT2D eigenvalue weighted by Gasteiger charge is 2.22. The third kappa shape index (κ3) is 2.78. The average molecular weight is 358 g/mol. The first-order valence-corrected chi connectivity index (χ1v) is 9.46. The van der Waals surface area contributed by atoms with Gasteiger partial charge in [-0.25, -0.2) is 4.98 Å². The van der Waals surface area contributed by atoms with Crippen LogP contribution >= 0.6 is 22.9 Å². The smallest absolute Gasteiger partial charge is 0.225 e. The fourth-order valence-electron chi connectivity index (χ4n) is 3.25. The van der Waals surface area contributed by atoms with E-state index < -0.39 is 0 Å². The first kappa shape index (κ1) is 15.9. The average Bonchev–Trinajstić information content (AvgIpc) is 3.06. The van der Waals surface area contributed by atoms with Crippen molar-refractivity contribution in [3.05, 3.63) is 45.6 Å². The minimum absolute atomic E-state index is 0.151. The summed E-state index contributed by atoms with van der Waals surface area (Å²) < 4.78 is 0. The first-order chi connectivity index (χ1) is 11.4. The molecule has 1 N–H and O–H groups in total. The van der Waals surface area contributed by atoms with Crippen molar-refractivity contribution in [2.24, 2.45) is 0 Å². The summed E-state index contributed by atoms with van der Waals surface area (Å²) in [5.41, 5.74) is 3.89. The lowest BCUT2D eigenvalue weighted by Gasteiger charge is -2.19. The Hall–Kier alpha value is -1.65. The SMILES string of the molecule is CC(C)(C)c1ccc(Nc2nc(Cl)nc3sc4c(c23)CCC4)cc1. The summed E-state index contributed by atoms with van der Waals surface area (Å²) >= 11 is 7.90. The Morgan fingerprint density at radius 3 is 2.54 bits per heavy atom. The second kappa shape index (κ2) is 5.71. The Balaban J connectivity index is 1.74. The Kier molecular flexibility index (Phi) is 3.77. The van der Waals surface area contributed by atoms with E-state index in [1.165, 1.54) is 22.4 Å². The quantitative estimate of drug-likeness (QED) is 0.582. The van der Waals surface area contributed by atoms with Crippen LogP contribution in [0, 0.1) is 0 Å². The molecule has 24 heavy (non-hydrogen) atoms. The molecule has 0 aliphatic heterocycles. The number of hydrogen-bond acceptors (Lipinski definition) is 4. The van der Waals surface area contributed by atoms with Gasteiger partial charge in [0, 0.05) is 10.6 Å². The van der Waals surface area contributed by atoms with Gasteiger partial charge >= 0.3 is 0 Å². The fraction of sp³-hybridized carbons (Fsp3) is 0.368. The number of nitrogens with zero attached hydrogens (tertiary/aromatic N) is 2. The van der Waals surface area contributed by atoms with E-state index in [9.17, 15) is 0 Å². The standard InChI is InChI=1S/C19H20ClN3S/c1-19(2,3)11-7-9-12(10-8-11)21-16-15-13-5-4-6-14(13)24-17(15)23-18(20)22-16/h7-10H,4-6H2,1-3H3,(H,21,22,23). The molecule has 5 heteroatoms. The zero-order chi connectivity index (χ0) is 16.9. The number of benzene rings is 1. The van der Waals surface area contributed by atoms with Crippen LogP contribution in [-0.2, 0) is 18.3 Å². The predicted molar refractivity (Wildman–Crippen MR) is 103 cm³/mol. The van der Waals surface area contributed by atoms with E-state index in [-0.39, 0.29) is 5.41 Å². The van der Waals surface area contributed by atoms with Crippen molar-refractivity contribution in [2.75, 3.05) is 5.32 Å². The molecule has 0 saturated heterocycles. The number of halogens is 1. The fourth-order valence-corrected chi connectivity index (χ4v) is 4.73. The molecule has 2 heterocycles. The minimum atomic E-state index is 0.151. The summed E-state index contributed by atoms with van der Waals surface area (Å²) in [6, 6.07) is 8.55. The predicted octanol–water partition coefficient (Wildman–Crippen LogP) is 5.87. The molecule has 0 fully saturated rings. The second-order valence-corrected chi connectivity index (χ2v) is 8.75. The van der Waals surface area contributed by atoms with E-state index in [1.54, 1.807) is 11.3 Å². The van der Waals surface area contributed by atoms with Gasteiger partial charge in [-0.1, -0.05) is 32.9 Å². The van der Waals surface area contributed by atoms with Gasteiger partial charge in [0.15, 0.2) is 0 Å². The molecule has 0 radical (unpaired) electrons. The molecule has 4 rings (SSSR count). The van der Waals surface area contributed by atoms with Gasteiger partial charge in [0.05, 0.1) is 5.39 Å². The van der Waals surface area contributed by atoms with Crippen LogP contribution in [0.4, 0.5) is 11.5 Å². The number of aryl methyl sites for hydroxylation is 2. The molecular formula is C19H20ClN3S. The molecule has 0 unspecified atom stereocenters. The number of anilines is 2. The number of aromatic nitrogens is 2. The van der Waals surface area contributed by atoms with Crippen LogP contribution in [0.25, 0.3) is 10.2 Å². The van der Waals surface area contributed by atoms with E-state index in [4.69, 9.17) is 11.6 Å². The first-order valence-electron chi connectivity index (χ1n) is 8.27. The number of hydrogen-bond donors (Lipinski definition) is 1. The molecule has 3 nitrogen and oxygen atoms in total. The van der Waals surface area contributed by atoms with Gasteiger partial charge in [-0.2, -0.15) is 4.98 Å². The number of nitrogens with one attached hydrogen (secondary N) is 1. The lowest BCUT2D eigenvalue weighted by molar-refractivity contribution is 0.590. The Morgan fingerprint density at radius 1 is 1.08 bits per heavy atom. The summed E-state index contributed by atoms with van der Waals surface area (Å²) in [6.07, 6.45) is 3.48. The van der Waals surface area contributed by atoms with E-state index in [1.807, 2.05) is 0 Å². The molecular weight excluding hydrogens is 338 g/mol. The van der Waals surface area contributed by atoms with Gasteiger partial charge in [0.1, 0.15) is 10.6 Å². The maximum Gasteiger partial charge on any atom is 0.225 e. The molecule has 1 aliphatic carbocycles. The molecule has 0 atom stereocenters. The summed E-state index contributed by atoms with van der Waals surface area (Å²) in [5.74, 6) is 0.827. The topological polar surface area (TPSA) is 37.8 Å². The lowest BCUT2D eigenvalue weighted by atomic mass is 9.87. The van der Waals surface area contributed by atoms with Crippen LogP contribution in [0.3, 0.4) is 0 Å². The molecule has 2 aromatic heterocycles. The van der Waals surface area contributed by atoms with E-state index in [0.29, 0.717) is 5.28 Å². The molecule has 0 amide bonds. The van der Waals surface area contributed by atoms with Crippen molar-refractivity contribution in [3.63, 3.8) is 0 Å². The maximum absolute atomic E-state index is 6.14. The van der Waals surface area contributed by atoms with Crippen LogP contribution in [-0.4, -0.2) is 9.97 Å². The van der Waals surface area contributed by atoms with Crippen molar-refractivity contribution in [1.29, 1.82) is 0 Å². The molecule has 1 aromatic carbocycles. The monoisotopic (exact) mass is 357 g/mol. The summed E-state index contributed by atoms with van der Waals surface area (Å²) in [4.78, 5) is 11.3. The molecule has 3 aromatic rings. The van der Waals surface area contributed by atoms with Gasteiger partial charge in [0.25, 0.3) is 0 Å². The van der Waals surface area contributed by atoms with Crippen LogP contribution in [0.2, 0.25) is 5.28 Å². The highest BCUT2D eigenvalue weighted by atomic mass is 35.5. The second-order valence-electron chi connectivity index (χ2n) is 7.33. The van der Waals surface area contributed by atoms with E-state index in [0.717, 1.165) is 34.6 Å². The Bertz CT molecular complexity index is 907. The molecule has 124 valence electrons. The van der Waals surface area contributed by atoms with Gasteiger partial charge in [-0.05, 0) is 59.5 Å². The zero-order valence-electron chi connectivity index (χ0n) is 14.1. The molecule has 0 spiro atoms. The number of rotatable bonds is 2. The molecule has 0 saturated carbocycles. The van der Waals surface area contributed by atoms with Gasteiger partial charge < -0.3 is 5.32 Å². The van der Waals surface area contributed by atoms with Crippen LogP contribution < -0.4 is 5.32 Å². The molecule has 0 bridgehead atoms. The third-order valence-corrected chi connectivity index (χ3v) is 5.91. The van der Waals surface area contributed by atoms with Crippen molar-refractivity contribution >= 4 is 44.7 Å². The van der Waals surface area contributed by atoms with Crippen molar-refractivity contribution in [3.8, 4) is 0 Å². The summed E-state index contributed by atoms with van der Waals surface area (Å²) in [5, 5.41) is 4.91. The van der Waals surface area contributed by atoms with E-state index in [2.05, 4.69) is 60.3 Å². The minimum Gasteiger partial charge on any atom is -0.340 e. The number of thiophene rings is 1. The van der Waals surface area contributed by atoms with Crippen LogP contribution in [0.15, 0.2) is 24.3 Å². The number of fused-ring (bicyclic) bond motifs is 3. The third-order valence-electron chi connectivity index (χ3n) is 4.55. The van der Waals surface area contributed by atoms with Gasteiger partial charge in [-0.15, -0.1) is 11.3 Å². The lowest BCUT2D eigenvalue weighted by Crippen LogP contribution is -2.10. The van der Waals surface area contributed by atoms with Gasteiger partial charge in [-0.3, -0.25) is 0 Å². The van der Waals surface area contributed by atoms with E-state index >= 15 is 0 Å². The summed E-state index contributed by atoms with van der Waals surface area (Å²) in [7, 11) is 0. The highest BCUT2D eigenvalue weighted by molar-refractivity contribution is 7.19. The normalized spacial score (nSPS) is 14.2. The molecule has 1 aliphatic rings. The maximum atomic E-state index is 6.14. The van der Waals surface area contributed by atoms with Crippen molar-refractivity contribution in [1.82, 2.24) is 9.97 Å². The van der Waals surface area contributed by atoms with Crippen LogP contribution in [0.1, 0.15) is 43.2 Å².